The van der Waals surface area contributed by atoms with Gasteiger partial charge in [0.05, 0.1) is 6.61 Å². The van der Waals surface area contributed by atoms with E-state index in [1.807, 2.05) is 12.1 Å². The van der Waals surface area contributed by atoms with Gasteiger partial charge in [-0.1, -0.05) is 18.2 Å². The topological polar surface area (TPSA) is 12.5 Å². The Hall–Kier alpha value is -0.510. The van der Waals surface area contributed by atoms with Crippen LogP contribution in [0.2, 0.25) is 0 Å². The summed E-state index contributed by atoms with van der Waals surface area (Å²) >= 11 is 4.46. The van der Waals surface area contributed by atoms with Crippen LogP contribution in [0.3, 0.4) is 0 Å². The molecule has 1 rings (SSSR count). The molecule has 0 saturated carbocycles. The van der Waals surface area contributed by atoms with Crippen molar-refractivity contribution < 1.29 is 4.74 Å². The highest BCUT2D eigenvalue weighted by Gasteiger charge is 2.12. The molecule has 0 radical (unpaired) electrons. The fourth-order valence-corrected chi connectivity index (χ4v) is 1.85. The molecule has 1 aromatic rings. The van der Waals surface area contributed by atoms with Gasteiger partial charge in [0.25, 0.3) is 0 Å². The van der Waals surface area contributed by atoms with E-state index in [4.69, 9.17) is 4.74 Å². The van der Waals surface area contributed by atoms with Crippen LogP contribution in [0.15, 0.2) is 29.2 Å². The number of benzene rings is 1. The van der Waals surface area contributed by atoms with Crippen molar-refractivity contribution in [3.05, 3.63) is 29.8 Å². The molecule has 0 aliphatic heterocycles. The van der Waals surface area contributed by atoms with Crippen molar-refractivity contribution in [2.75, 3.05) is 27.3 Å². The molecule has 0 bridgehead atoms. The highest BCUT2D eigenvalue weighted by atomic mass is 32.1. The SMILES string of the molecule is COCCN(C)[C@H](C)c1ccccc1S. The van der Waals surface area contributed by atoms with E-state index in [9.17, 15) is 0 Å². The molecule has 0 aliphatic rings. The number of nitrogens with zero attached hydrogens (tertiary/aromatic N) is 1. The summed E-state index contributed by atoms with van der Waals surface area (Å²) in [6.45, 7) is 3.88. The Balaban J connectivity index is 2.67. The van der Waals surface area contributed by atoms with Gasteiger partial charge in [-0.15, -0.1) is 12.6 Å². The van der Waals surface area contributed by atoms with Crippen LogP contribution in [-0.4, -0.2) is 32.2 Å². The van der Waals surface area contributed by atoms with Crippen LogP contribution in [0.25, 0.3) is 0 Å². The fourth-order valence-electron chi connectivity index (χ4n) is 1.51. The van der Waals surface area contributed by atoms with E-state index in [0.29, 0.717) is 6.04 Å². The Labute approximate surface area is 97.6 Å². The van der Waals surface area contributed by atoms with E-state index in [1.54, 1.807) is 7.11 Å². The largest absolute Gasteiger partial charge is 0.383 e. The van der Waals surface area contributed by atoms with E-state index in [1.165, 1.54) is 5.56 Å². The van der Waals surface area contributed by atoms with Gasteiger partial charge in [-0.2, -0.15) is 0 Å². The van der Waals surface area contributed by atoms with E-state index in [0.717, 1.165) is 18.0 Å². The monoisotopic (exact) mass is 225 g/mol. The van der Waals surface area contributed by atoms with Gasteiger partial charge in [0.1, 0.15) is 0 Å². The number of thiol groups is 1. The van der Waals surface area contributed by atoms with Crippen molar-refractivity contribution in [1.82, 2.24) is 4.90 Å². The van der Waals surface area contributed by atoms with Crippen LogP contribution >= 0.6 is 12.6 Å². The Morgan fingerprint density at radius 2 is 2.07 bits per heavy atom. The normalized spacial score (nSPS) is 13.1. The molecule has 0 aliphatic carbocycles. The van der Waals surface area contributed by atoms with Gasteiger partial charge in [0.15, 0.2) is 0 Å². The van der Waals surface area contributed by atoms with E-state index < -0.39 is 0 Å². The van der Waals surface area contributed by atoms with Crippen LogP contribution < -0.4 is 0 Å². The highest BCUT2D eigenvalue weighted by Crippen LogP contribution is 2.24. The lowest BCUT2D eigenvalue weighted by Gasteiger charge is -2.25. The summed E-state index contributed by atoms with van der Waals surface area (Å²) < 4.78 is 5.07. The Morgan fingerprint density at radius 3 is 2.67 bits per heavy atom. The standard InChI is InChI=1S/C12H19NOS/c1-10(13(2)8-9-14-3)11-6-4-5-7-12(11)15/h4-7,10,15H,8-9H2,1-3H3/t10-/m1/s1. The molecule has 0 spiro atoms. The molecule has 3 heteroatoms. The van der Waals surface area contributed by atoms with Crippen LogP contribution in [0.5, 0.6) is 0 Å². The highest BCUT2D eigenvalue weighted by molar-refractivity contribution is 7.80. The predicted molar refractivity (Wildman–Crippen MR) is 66.6 cm³/mol. The third kappa shape index (κ3) is 3.52. The molecule has 0 heterocycles. The Bertz CT molecular complexity index is 303. The second-order valence-electron chi connectivity index (χ2n) is 3.71. The molecule has 2 nitrogen and oxygen atoms in total. The van der Waals surface area contributed by atoms with Gasteiger partial charge in [0.2, 0.25) is 0 Å². The third-order valence-electron chi connectivity index (χ3n) is 2.70. The molecule has 0 fully saturated rings. The first-order valence-electron chi connectivity index (χ1n) is 5.14. The summed E-state index contributed by atoms with van der Waals surface area (Å²) in [5, 5.41) is 0. The second kappa shape index (κ2) is 6.16. The van der Waals surface area contributed by atoms with Crippen molar-refractivity contribution in [3.63, 3.8) is 0 Å². The summed E-state index contributed by atoms with van der Waals surface area (Å²) in [5.74, 6) is 0. The predicted octanol–water partition coefficient (Wildman–Crippen LogP) is 2.61. The number of hydrogen-bond acceptors (Lipinski definition) is 3. The quantitative estimate of drug-likeness (QED) is 0.773. The van der Waals surface area contributed by atoms with Crippen molar-refractivity contribution in [2.24, 2.45) is 0 Å². The van der Waals surface area contributed by atoms with E-state index in [2.05, 4.69) is 43.6 Å². The van der Waals surface area contributed by atoms with Gasteiger partial charge in [-0.05, 0) is 25.6 Å². The minimum atomic E-state index is 0.369. The van der Waals surface area contributed by atoms with Crippen LogP contribution in [0.4, 0.5) is 0 Å². The zero-order valence-corrected chi connectivity index (χ0v) is 10.5. The fraction of sp³-hybridized carbons (Fsp3) is 0.500. The van der Waals surface area contributed by atoms with Crippen molar-refractivity contribution >= 4 is 12.6 Å². The first kappa shape index (κ1) is 12.6. The van der Waals surface area contributed by atoms with Gasteiger partial charge in [0, 0.05) is 24.6 Å². The average molecular weight is 225 g/mol. The lowest BCUT2D eigenvalue weighted by molar-refractivity contribution is 0.142. The van der Waals surface area contributed by atoms with E-state index >= 15 is 0 Å². The summed E-state index contributed by atoms with van der Waals surface area (Å²) in [6, 6.07) is 8.58. The molecule has 0 saturated heterocycles. The maximum absolute atomic E-state index is 5.07. The third-order valence-corrected chi connectivity index (χ3v) is 3.10. The van der Waals surface area contributed by atoms with Gasteiger partial charge in [-0.3, -0.25) is 4.90 Å². The smallest absolute Gasteiger partial charge is 0.0589 e. The zero-order valence-electron chi connectivity index (χ0n) is 9.60. The number of methoxy groups -OCH3 is 1. The van der Waals surface area contributed by atoms with Crippen LogP contribution in [-0.2, 0) is 4.74 Å². The summed E-state index contributed by atoms with van der Waals surface area (Å²) in [6.07, 6.45) is 0. The average Bonchev–Trinajstić information content (AvgIpc) is 2.25. The van der Waals surface area contributed by atoms with Crippen LogP contribution in [0, 0.1) is 0 Å². The lowest BCUT2D eigenvalue weighted by Crippen LogP contribution is -2.26. The first-order valence-corrected chi connectivity index (χ1v) is 5.58. The van der Waals surface area contributed by atoms with E-state index in [-0.39, 0.29) is 0 Å². The maximum atomic E-state index is 5.07. The first-order chi connectivity index (χ1) is 7.16. The van der Waals surface area contributed by atoms with Crippen molar-refractivity contribution in [2.45, 2.75) is 17.9 Å². The Morgan fingerprint density at radius 1 is 1.40 bits per heavy atom. The number of rotatable bonds is 5. The molecular formula is C12H19NOS. The molecule has 84 valence electrons. The minimum absolute atomic E-state index is 0.369. The maximum Gasteiger partial charge on any atom is 0.0589 e. The summed E-state index contributed by atoms with van der Waals surface area (Å²) in [7, 11) is 3.83. The molecule has 0 aromatic heterocycles. The molecule has 0 unspecified atom stereocenters. The number of hydrogen-bond donors (Lipinski definition) is 1. The summed E-state index contributed by atoms with van der Waals surface area (Å²) in [5.41, 5.74) is 1.26. The second-order valence-corrected chi connectivity index (χ2v) is 4.19. The molecule has 0 N–H and O–H groups in total. The number of likely N-dealkylation sites (N-methyl/N-ethyl adjacent to an activating group) is 1. The van der Waals surface area contributed by atoms with Gasteiger partial charge >= 0.3 is 0 Å². The molecule has 1 aromatic carbocycles. The van der Waals surface area contributed by atoms with Crippen molar-refractivity contribution in [3.8, 4) is 0 Å². The molecular weight excluding hydrogens is 206 g/mol. The summed E-state index contributed by atoms with van der Waals surface area (Å²) in [4.78, 5) is 3.31. The van der Waals surface area contributed by atoms with Crippen LogP contribution in [0.1, 0.15) is 18.5 Å². The molecule has 15 heavy (non-hydrogen) atoms. The van der Waals surface area contributed by atoms with Gasteiger partial charge in [-0.25, -0.2) is 0 Å². The van der Waals surface area contributed by atoms with Gasteiger partial charge < -0.3 is 4.74 Å². The Kier molecular flexibility index (Phi) is 5.15. The minimum Gasteiger partial charge on any atom is -0.383 e. The lowest BCUT2D eigenvalue weighted by atomic mass is 10.1. The zero-order chi connectivity index (χ0) is 11.3. The van der Waals surface area contributed by atoms with Crippen molar-refractivity contribution in [1.29, 1.82) is 0 Å². The number of ether oxygens (including phenoxy) is 1. The molecule has 1 atom stereocenters. The molecule has 0 amide bonds.